The molecule has 1 fully saturated rings. The number of hydrogen-bond donors (Lipinski definition) is 21. The lowest BCUT2D eigenvalue weighted by Gasteiger charge is -2.29. The van der Waals surface area contributed by atoms with Crippen molar-refractivity contribution in [3.05, 3.63) is 120 Å². The molecule has 38 heteroatoms. The Bertz CT molecular complexity index is 4650. The lowest BCUT2D eigenvalue weighted by Crippen LogP contribution is -2.61. The van der Waals surface area contributed by atoms with E-state index in [1.165, 1.54) is 13.8 Å². The molecule has 0 aliphatic carbocycles. The predicted octanol–water partition coefficient (Wildman–Crippen LogP) is -2.06. The van der Waals surface area contributed by atoms with Crippen LogP contribution in [0.1, 0.15) is 116 Å². The number of carboxylic acid groups (broad SMARTS) is 1. The molecule has 0 saturated carbocycles. The summed E-state index contributed by atoms with van der Waals surface area (Å²) in [6.45, 7) is 6.08. The quantitative estimate of drug-likeness (QED) is 0.0176. The first kappa shape index (κ1) is 91.1. The van der Waals surface area contributed by atoms with Gasteiger partial charge in [0.25, 0.3) is 0 Å². The first-order valence-electron chi connectivity index (χ1n) is 38.5. The van der Waals surface area contributed by atoms with Crippen LogP contribution < -0.4 is 86.3 Å². The van der Waals surface area contributed by atoms with Gasteiger partial charge in [-0.3, -0.25) is 72.5 Å². The fourth-order valence-corrected chi connectivity index (χ4v) is 14.5. The number of para-hydroxylation sites is 2. The lowest BCUT2D eigenvalue weighted by molar-refractivity contribution is -0.141. The van der Waals surface area contributed by atoms with Crippen molar-refractivity contribution in [2.24, 2.45) is 29.0 Å². The van der Waals surface area contributed by atoms with Crippen molar-refractivity contribution in [1.29, 1.82) is 5.41 Å². The highest BCUT2D eigenvalue weighted by atomic mass is 32.2. The minimum absolute atomic E-state index is 0.0218. The van der Waals surface area contributed by atoms with Crippen LogP contribution in [0.15, 0.2) is 103 Å². The average Bonchev–Trinajstić information content (AvgIpc) is 1.66. The third-order valence-electron chi connectivity index (χ3n) is 19.8. The summed E-state index contributed by atoms with van der Waals surface area (Å²) >= 11 is 0. The normalized spacial score (nSPS) is 23.2. The van der Waals surface area contributed by atoms with Crippen molar-refractivity contribution in [1.82, 2.24) is 79.1 Å². The molecule has 0 bridgehead atoms. The van der Waals surface area contributed by atoms with Crippen LogP contribution in [0.4, 0.5) is 0 Å². The first-order valence-corrected chi connectivity index (χ1v) is 40.3. The zero-order valence-electron chi connectivity index (χ0n) is 65.3. The van der Waals surface area contributed by atoms with Gasteiger partial charge in [0, 0.05) is 60.0 Å². The molecule has 1 aliphatic rings. The van der Waals surface area contributed by atoms with Crippen LogP contribution in [0.5, 0.6) is 0 Å². The predicted molar refractivity (Wildman–Crippen MR) is 429 cm³/mol. The number of unbranched alkanes of at least 4 members (excludes halogenated alkanes) is 2. The molecule has 24 N–H and O–H groups in total. The number of aromatic amines is 2. The number of H-pyrrole nitrogens is 2. The van der Waals surface area contributed by atoms with Crippen molar-refractivity contribution in [2.45, 2.75) is 185 Å². The third kappa shape index (κ3) is 27.3. The largest absolute Gasteiger partial charge is 0.481 e. The summed E-state index contributed by atoms with van der Waals surface area (Å²) in [4.78, 5) is 207. The average molecular weight is 1630 g/mol. The number of fused-ring (bicyclic) bond motifs is 3. The highest BCUT2D eigenvalue weighted by Gasteiger charge is 2.40. The number of nitrogens with one attached hydrogen (secondary N) is 16. The monoisotopic (exact) mass is 1630 g/mol. The summed E-state index contributed by atoms with van der Waals surface area (Å²) in [7, 11) is -4.83. The van der Waals surface area contributed by atoms with E-state index < -0.39 is 208 Å². The zero-order chi connectivity index (χ0) is 84.9. The van der Waals surface area contributed by atoms with Gasteiger partial charge in [0.15, 0.2) is 15.8 Å². The Morgan fingerprint density at radius 2 is 1.00 bits per heavy atom. The fourth-order valence-electron chi connectivity index (χ4n) is 13.2. The Labute approximate surface area is 669 Å². The van der Waals surface area contributed by atoms with Crippen LogP contribution in [0.25, 0.3) is 32.6 Å². The van der Waals surface area contributed by atoms with E-state index in [-0.39, 0.29) is 70.9 Å². The minimum atomic E-state index is -4.83. The molecule has 6 aromatic rings. The molecule has 13 amide bonds. The van der Waals surface area contributed by atoms with E-state index in [0.717, 1.165) is 5.39 Å². The van der Waals surface area contributed by atoms with E-state index in [0.29, 0.717) is 63.1 Å². The van der Waals surface area contributed by atoms with Gasteiger partial charge in [-0.15, -0.1) is 0 Å². The van der Waals surface area contributed by atoms with E-state index in [2.05, 4.69) is 79.1 Å². The number of sulfone groups is 1. The Morgan fingerprint density at radius 3 is 1.54 bits per heavy atom. The molecule has 12 atom stereocenters. The van der Waals surface area contributed by atoms with Gasteiger partial charge in [0.05, 0.1) is 25.3 Å². The van der Waals surface area contributed by atoms with Gasteiger partial charge in [0.2, 0.25) is 76.8 Å². The van der Waals surface area contributed by atoms with Gasteiger partial charge < -0.3 is 107 Å². The standard InChI is InChI=1S/C78H107N19O18S/c1-6-8-22-54-70(106)89-55(25-15-16-29-79)71(107)91-58(34-48-37-85-52-24-14-12-21-50(48)52)75(111)96-65(42(3)4)76(112)95-61(67(80)103)40-116(114,115)41-63(100)88-56(32-44-27-28-45-18-9-10-19-46(45)31-44)74(110)97-66(43(5)7-2)77(113)94-60(39-98)68(104)86-38-62(99)87-53(26-17-30-83-78(81)82)69(105)93-59(35-64(101)102)73(109)92-57(72(108)90-54)33-47-36-84-51-23-13-11-20-49(47)51/h9-14,18-21,23-24,27-28,31,36-37,42-43,53-61,65-66,84-85,98H,6-8,15-17,22,25-26,29-30,32-35,38-41,79H2,1-5H3,(H2,80,103)(H,86,104)(H,87,99)(H,88,100)(H,89,106)(H,90,108)(H,91,107)(H,92,109)(H,93,105)(H,94,113)(H,95,112)(H,96,111)(H,97,110)(H,101,102)(H4,81,82,83)/t43-,53-,54-,55-,56+,57-,58-,59-,60-,61-,65-,66-/m0/s1. The van der Waals surface area contributed by atoms with Crippen molar-refractivity contribution in [3.63, 3.8) is 0 Å². The fraction of sp³-hybridized carbons (Fsp3) is 0.474. The Balaban J connectivity index is 1.29. The van der Waals surface area contributed by atoms with Gasteiger partial charge in [-0.25, -0.2) is 8.42 Å². The molecular weight excluding hydrogens is 1520 g/mol. The number of aliphatic carboxylic acids is 1. The number of hydrogen-bond acceptors (Lipinski definition) is 19. The minimum Gasteiger partial charge on any atom is -0.481 e. The molecule has 1 saturated heterocycles. The van der Waals surface area contributed by atoms with Crippen LogP contribution in [0, 0.1) is 17.2 Å². The Morgan fingerprint density at radius 1 is 0.526 bits per heavy atom. The number of guanidine groups is 1. The smallest absolute Gasteiger partial charge is 0.305 e. The van der Waals surface area contributed by atoms with Crippen molar-refractivity contribution >= 4 is 131 Å². The summed E-state index contributed by atoms with van der Waals surface area (Å²) in [5.41, 5.74) is 19.8. The molecule has 2 aromatic heterocycles. The number of carboxylic acids is 1. The Hall–Kier alpha value is -12.1. The molecule has 1 aliphatic heterocycles. The van der Waals surface area contributed by atoms with Crippen molar-refractivity contribution in [2.75, 3.05) is 37.7 Å². The topological polar surface area (TPSA) is 603 Å². The number of aliphatic hydroxyl groups is 1. The maximum Gasteiger partial charge on any atom is 0.305 e. The van der Waals surface area contributed by atoms with Crippen LogP contribution in [0.3, 0.4) is 0 Å². The second-order valence-corrected chi connectivity index (χ2v) is 31.3. The van der Waals surface area contributed by atoms with E-state index in [1.807, 2.05) is 6.07 Å². The number of benzene rings is 4. The number of rotatable bonds is 24. The van der Waals surface area contributed by atoms with E-state index >= 15 is 14.4 Å². The van der Waals surface area contributed by atoms with Crippen molar-refractivity contribution in [3.8, 4) is 0 Å². The molecule has 0 unspecified atom stereocenters. The van der Waals surface area contributed by atoms with Crippen LogP contribution >= 0.6 is 0 Å². The van der Waals surface area contributed by atoms with Crippen molar-refractivity contribution < 1.29 is 85.8 Å². The van der Waals surface area contributed by atoms with Crippen LogP contribution in [0.2, 0.25) is 0 Å². The number of amides is 13. The molecule has 0 radical (unpaired) electrons. The SMILES string of the molecule is CCCC[C@@H]1NC(=O)[C@H](Cc2c[nH]c3ccccc23)NC(=O)[C@H](CC(=O)O)NC(=O)[C@H](CCCNC(=N)N)NC(=O)CNC(=O)[C@H](CO)NC(=O)[C@H]([C@@H](C)CC)NC(=O)[C@@H](Cc2ccc3ccccc3c2)NC(=O)CS(=O)(=O)C[C@@H](C(N)=O)NC(=O)[C@H](C(C)C)NC(=O)[C@H](Cc2c[nH]c3ccccc23)NC(=O)[C@H](CCCCN)NC1=O. The van der Waals surface area contributed by atoms with E-state index in [4.69, 9.17) is 22.6 Å². The van der Waals surface area contributed by atoms with Crippen LogP contribution in [-0.2, 0) is 96.2 Å². The molecule has 37 nitrogen and oxygen atoms in total. The molecular formula is C78H107N19O18S. The van der Waals surface area contributed by atoms with Gasteiger partial charge in [-0.2, -0.15) is 0 Å². The van der Waals surface area contributed by atoms with Gasteiger partial charge in [-0.05, 0) is 96.5 Å². The second kappa shape index (κ2) is 44.0. The summed E-state index contributed by atoms with van der Waals surface area (Å²) < 4.78 is 28.4. The molecule has 116 heavy (non-hydrogen) atoms. The summed E-state index contributed by atoms with van der Waals surface area (Å²) in [5, 5.41) is 63.8. The summed E-state index contributed by atoms with van der Waals surface area (Å²) in [6.07, 6.45) is 2.15. The van der Waals surface area contributed by atoms with E-state index in [1.54, 1.807) is 118 Å². The number of nitrogens with two attached hydrogens (primary N) is 3. The van der Waals surface area contributed by atoms with Crippen LogP contribution in [-0.4, -0.2) is 222 Å². The maximum atomic E-state index is 15.1. The maximum absolute atomic E-state index is 15.1. The Kier molecular flexibility index (Phi) is 34.6. The number of aliphatic hydroxyl groups excluding tert-OH is 1. The van der Waals surface area contributed by atoms with Gasteiger partial charge in [-0.1, -0.05) is 133 Å². The van der Waals surface area contributed by atoms with E-state index in [9.17, 15) is 71.4 Å². The summed E-state index contributed by atoms with van der Waals surface area (Å²) in [5.74, 6) is -20.8. The highest BCUT2D eigenvalue weighted by Crippen LogP contribution is 2.24. The molecule has 7 rings (SSSR count). The zero-order valence-corrected chi connectivity index (χ0v) is 66.1. The van der Waals surface area contributed by atoms with Gasteiger partial charge >= 0.3 is 5.97 Å². The first-order chi connectivity index (χ1) is 55.2. The number of carbonyl (C=O) groups excluding carboxylic acids is 13. The molecule has 4 aromatic carbocycles. The molecule has 0 spiro atoms. The third-order valence-corrected chi connectivity index (χ3v) is 21.3. The molecule has 628 valence electrons. The second-order valence-electron chi connectivity index (χ2n) is 29.1. The lowest BCUT2D eigenvalue weighted by atomic mass is 9.96. The van der Waals surface area contributed by atoms with Gasteiger partial charge in [0.1, 0.15) is 72.2 Å². The number of primary amides is 1. The highest BCUT2D eigenvalue weighted by molar-refractivity contribution is 7.92. The molecule has 3 heterocycles. The number of carbonyl (C=O) groups is 14. The summed E-state index contributed by atoms with van der Waals surface area (Å²) in [6, 6.07) is 7.53. The number of aromatic nitrogens is 2.